The monoisotopic (exact) mass is 317 g/mol. The first-order chi connectivity index (χ1) is 10.3. The highest BCUT2D eigenvalue weighted by atomic mass is 32.2. The van der Waals surface area contributed by atoms with Gasteiger partial charge in [0.1, 0.15) is 0 Å². The fourth-order valence-electron chi connectivity index (χ4n) is 2.02. The lowest BCUT2D eigenvalue weighted by Gasteiger charge is -2.08. The molecule has 0 unspecified atom stereocenters. The molecule has 0 aliphatic carbocycles. The van der Waals surface area contributed by atoms with Gasteiger partial charge in [0.25, 0.3) is 5.91 Å². The molecule has 22 heavy (non-hydrogen) atoms. The summed E-state index contributed by atoms with van der Waals surface area (Å²) < 4.78 is 22.8. The molecule has 4 nitrogen and oxygen atoms in total. The molecule has 2 aromatic rings. The van der Waals surface area contributed by atoms with Crippen LogP contribution in [0.25, 0.3) is 0 Å². The number of rotatable bonds is 4. The van der Waals surface area contributed by atoms with Crippen LogP contribution in [0.5, 0.6) is 0 Å². The Kier molecular flexibility index (Phi) is 4.66. The van der Waals surface area contributed by atoms with Gasteiger partial charge >= 0.3 is 0 Å². The first-order valence-corrected chi connectivity index (χ1v) is 8.81. The Morgan fingerprint density at radius 2 is 1.64 bits per heavy atom. The van der Waals surface area contributed by atoms with Gasteiger partial charge in [-0.15, -0.1) is 0 Å². The molecule has 0 heterocycles. The second-order valence-corrected chi connectivity index (χ2v) is 7.41. The number of hydrogen-bond acceptors (Lipinski definition) is 3. The summed E-state index contributed by atoms with van der Waals surface area (Å²) >= 11 is 0. The van der Waals surface area contributed by atoms with Crippen LogP contribution >= 0.6 is 0 Å². The number of benzene rings is 2. The predicted molar refractivity (Wildman–Crippen MR) is 86.6 cm³/mol. The second-order valence-electron chi connectivity index (χ2n) is 5.40. The van der Waals surface area contributed by atoms with Crippen LogP contribution in [0, 0.1) is 13.8 Å². The number of carbonyl (C=O) groups is 1. The molecule has 0 aromatic heterocycles. The zero-order valence-corrected chi connectivity index (χ0v) is 13.7. The molecule has 0 fully saturated rings. The number of sulfone groups is 1. The third-order valence-corrected chi connectivity index (χ3v) is 4.70. The average Bonchev–Trinajstić information content (AvgIpc) is 2.47. The van der Waals surface area contributed by atoms with Gasteiger partial charge in [-0.25, -0.2) is 8.42 Å². The molecule has 5 heteroatoms. The zero-order chi connectivity index (χ0) is 16.3. The Hall–Kier alpha value is -2.14. The quantitative estimate of drug-likeness (QED) is 0.943. The van der Waals surface area contributed by atoms with Crippen LogP contribution in [-0.4, -0.2) is 20.6 Å². The van der Waals surface area contributed by atoms with E-state index in [0.717, 1.165) is 16.7 Å². The van der Waals surface area contributed by atoms with E-state index in [2.05, 4.69) is 5.32 Å². The molecule has 0 saturated heterocycles. The Morgan fingerprint density at radius 1 is 1.00 bits per heavy atom. The Morgan fingerprint density at radius 3 is 2.18 bits per heavy atom. The van der Waals surface area contributed by atoms with E-state index in [1.165, 1.54) is 6.26 Å². The van der Waals surface area contributed by atoms with Crippen molar-refractivity contribution >= 4 is 15.7 Å². The second kappa shape index (κ2) is 6.32. The molecular formula is C17H19NO3S. The minimum Gasteiger partial charge on any atom is -0.348 e. The highest BCUT2D eigenvalue weighted by Gasteiger charge is 2.08. The van der Waals surface area contributed by atoms with E-state index in [4.69, 9.17) is 0 Å². The third-order valence-electron chi connectivity index (χ3n) is 3.57. The van der Waals surface area contributed by atoms with E-state index in [1.807, 2.05) is 26.0 Å². The van der Waals surface area contributed by atoms with Gasteiger partial charge in [-0.3, -0.25) is 4.79 Å². The van der Waals surface area contributed by atoms with Crippen molar-refractivity contribution in [2.75, 3.05) is 6.26 Å². The maximum absolute atomic E-state index is 12.1. The molecule has 2 aromatic carbocycles. The van der Waals surface area contributed by atoms with Crippen LogP contribution in [0.4, 0.5) is 0 Å². The van der Waals surface area contributed by atoms with Gasteiger partial charge in [0.15, 0.2) is 9.84 Å². The van der Waals surface area contributed by atoms with Crippen LogP contribution in [0.15, 0.2) is 47.4 Å². The van der Waals surface area contributed by atoms with E-state index in [0.29, 0.717) is 12.1 Å². The smallest absolute Gasteiger partial charge is 0.251 e. The Bertz CT molecular complexity index is 793. The maximum atomic E-state index is 12.1. The van der Waals surface area contributed by atoms with Crippen LogP contribution in [0.1, 0.15) is 27.0 Å². The van der Waals surface area contributed by atoms with Crippen molar-refractivity contribution in [2.45, 2.75) is 25.3 Å². The van der Waals surface area contributed by atoms with Crippen molar-refractivity contribution in [2.24, 2.45) is 0 Å². The minimum atomic E-state index is -3.19. The Balaban J connectivity index is 2.03. The maximum Gasteiger partial charge on any atom is 0.251 e. The van der Waals surface area contributed by atoms with Crippen molar-refractivity contribution in [3.63, 3.8) is 0 Å². The van der Waals surface area contributed by atoms with E-state index in [1.54, 1.807) is 30.3 Å². The van der Waals surface area contributed by atoms with E-state index in [9.17, 15) is 13.2 Å². The summed E-state index contributed by atoms with van der Waals surface area (Å²) in [5.41, 5.74) is 3.69. The Labute approximate surface area is 131 Å². The molecule has 0 aliphatic heterocycles. The lowest BCUT2D eigenvalue weighted by Crippen LogP contribution is -2.22. The molecule has 0 saturated carbocycles. The summed E-state index contributed by atoms with van der Waals surface area (Å²) in [5.74, 6) is -0.143. The minimum absolute atomic E-state index is 0.143. The normalized spacial score (nSPS) is 11.2. The van der Waals surface area contributed by atoms with Crippen LogP contribution < -0.4 is 5.32 Å². The standard InChI is InChI=1S/C17H19NO3S/c1-12-4-7-15(10-13(12)2)17(19)18-11-14-5-8-16(9-6-14)22(3,20)21/h4-10H,11H2,1-3H3,(H,18,19). The first kappa shape index (κ1) is 16.2. The van der Waals surface area contributed by atoms with Gasteiger partial charge in [-0.05, 0) is 54.8 Å². The summed E-state index contributed by atoms with van der Waals surface area (Å²) in [6.45, 7) is 4.33. The molecule has 0 radical (unpaired) electrons. The molecule has 0 atom stereocenters. The molecular weight excluding hydrogens is 298 g/mol. The molecule has 0 aliphatic rings. The van der Waals surface area contributed by atoms with Gasteiger partial charge in [-0.1, -0.05) is 18.2 Å². The molecule has 2 rings (SSSR count). The van der Waals surface area contributed by atoms with E-state index in [-0.39, 0.29) is 10.8 Å². The highest BCUT2D eigenvalue weighted by molar-refractivity contribution is 7.90. The van der Waals surface area contributed by atoms with Gasteiger partial charge < -0.3 is 5.32 Å². The number of hydrogen-bond donors (Lipinski definition) is 1. The van der Waals surface area contributed by atoms with Gasteiger partial charge in [0.05, 0.1) is 4.90 Å². The number of amides is 1. The summed E-state index contributed by atoms with van der Waals surface area (Å²) in [5, 5.41) is 2.83. The molecule has 0 bridgehead atoms. The average molecular weight is 317 g/mol. The number of aryl methyl sites for hydroxylation is 2. The van der Waals surface area contributed by atoms with Crippen LogP contribution in [0.2, 0.25) is 0 Å². The van der Waals surface area contributed by atoms with Crippen LogP contribution in [-0.2, 0) is 16.4 Å². The fourth-order valence-corrected chi connectivity index (χ4v) is 2.65. The van der Waals surface area contributed by atoms with Gasteiger partial charge in [-0.2, -0.15) is 0 Å². The number of nitrogens with one attached hydrogen (secondary N) is 1. The lowest BCUT2D eigenvalue weighted by atomic mass is 10.1. The summed E-state index contributed by atoms with van der Waals surface area (Å²) in [6, 6.07) is 12.1. The number of carbonyl (C=O) groups excluding carboxylic acids is 1. The lowest BCUT2D eigenvalue weighted by molar-refractivity contribution is 0.0951. The van der Waals surface area contributed by atoms with Crippen molar-refractivity contribution in [1.29, 1.82) is 0 Å². The predicted octanol–water partition coefficient (Wildman–Crippen LogP) is 2.64. The van der Waals surface area contributed by atoms with E-state index < -0.39 is 9.84 Å². The first-order valence-electron chi connectivity index (χ1n) is 6.92. The van der Waals surface area contributed by atoms with Crippen molar-refractivity contribution < 1.29 is 13.2 Å². The topological polar surface area (TPSA) is 63.2 Å². The van der Waals surface area contributed by atoms with E-state index >= 15 is 0 Å². The third kappa shape index (κ3) is 3.95. The molecule has 1 amide bonds. The summed E-state index contributed by atoms with van der Waals surface area (Å²) in [6.07, 6.45) is 1.17. The summed E-state index contributed by atoms with van der Waals surface area (Å²) in [4.78, 5) is 12.4. The largest absolute Gasteiger partial charge is 0.348 e. The van der Waals surface area contributed by atoms with Crippen molar-refractivity contribution in [1.82, 2.24) is 5.32 Å². The molecule has 1 N–H and O–H groups in total. The van der Waals surface area contributed by atoms with Crippen molar-refractivity contribution in [3.05, 3.63) is 64.7 Å². The zero-order valence-electron chi connectivity index (χ0n) is 12.9. The fraction of sp³-hybridized carbons (Fsp3) is 0.235. The van der Waals surface area contributed by atoms with Gasteiger partial charge in [0, 0.05) is 18.4 Å². The van der Waals surface area contributed by atoms with Crippen LogP contribution in [0.3, 0.4) is 0 Å². The van der Waals surface area contributed by atoms with Gasteiger partial charge in [0.2, 0.25) is 0 Å². The van der Waals surface area contributed by atoms with Crippen molar-refractivity contribution in [3.8, 4) is 0 Å². The highest BCUT2D eigenvalue weighted by Crippen LogP contribution is 2.12. The molecule has 0 spiro atoms. The summed E-state index contributed by atoms with van der Waals surface area (Å²) in [7, 11) is -3.19. The SMILES string of the molecule is Cc1ccc(C(=O)NCc2ccc(S(C)(=O)=O)cc2)cc1C. The molecule has 116 valence electrons.